The van der Waals surface area contributed by atoms with Gasteiger partial charge in [0.15, 0.2) is 0 Å². The number of ether oxygens (including phenoxy) is 1. The van der Waals surface area contributed by atoms with Crippen LogP contribution in [0.25, 0.3) is 0 Å². The molecule has 11 heteroatoms. The summed E-state index contributed by atoms with van der Waals surface area (Å²) < 4.78 is 31.2. The molecular formula is C17H20ClN5O4S. The third-order valence-corrected chi connectivity index (χ3v) is 6.68. The van der Waals surface area contributed by atoms with Crippen LogP contribution in [0.1, 0.15) is 12.8 Å². The first-order chi connectivity index (χ1) is 13.2. The molecule has 0 spiro atoms. The van der Waals surface area contributed by atoms with Gasteiger partial charge in [0.1, 0.15) is 21.4 Å². The van der Waals surface area contributed by atoms with Gasteiger partial charge in [-0.05, 0) is 31.0 Å². The first kappa shape index (κ1) is 20.2. The minimum absolute atomic E-state index is 0.118. The number of anilines is 2. The Bertz CT molecular complexity index is 1010. The number of carbonyl (C=O) groups excluding carboxylic acids is 1. The van der Waals surface area contributed by atoms with E-state index in [0.29, 0.717) is 31.9 Å². The molecule has 1 saturated heterocycles. The molecule has 1 amide bonds. The van der Waals surface area contributed by atoms with Crippen molar-refractivity contribution in [3.63, 3.8) is 0 Å². The van der Waals surface area contributed by atoms with Crippen molar-refractivity contribution in [2.45, 2.75) is 22.6 Å². The minimum Gasteiger partial charge on any atom is -0.495 e. The molecule has 1 fully saturated rings. The lowest BCUT2D eigenvalue weighted by molar-refractivity contribution is -0.122. The number of aromatic nitrogens is 2. The fourth-order valence-corrected chi connectivity index (χ4v) is 4.76. The number of benzene rings is 1. The number of hydrogen-bond donors (Lipinski definition) is 2. The van der Waals surface area contributed by atoms with E-state index in [-0.39, 0.29) is 38.2 Å². The number of rotatable bonds is 5. The predicted molar refractivity (Wildman–Crippen MR) is 104 cm³/mol. The number of hydrogen-bond acceptors (Lipinski definition) is 8. The number of nitrogens with zero attached hydrogens (tertiary/aromatic N) is 3. The summed E-state index contributed by atoms with van der Waals surface area (Å²) in [5.41, 5.74) is 11.3. The highest BCUT2D eigenvalue weighted by atomic mass is 35.5. The van der Waals surface area contributed by atoms with Crippen LogP contribution in [0, 0.1) is 5.92 Å². The average Bonchev–Trinajstić information content (AvgIpc) is 2.67. The highest BCUT2D eigenvalue weighted by Crippen LogP contribution is 2.34. The molecule has 0 saturated carbocycles. The molecule has 1 aromatic carbocycles. The van der Waals surface area contributed by atoms with Crippen molar-refractivity contribution >= 4 is 39.1 Å². The summed E-state index contributed by atoms with van der Waals surface area (Å²) in [6.07, 6.45) is 2.34. The molecule has 0 atom stereocenters. The van der Waals surface area contributed by atoms with E-state index >= 15 is 0 Å². The summed E-state index contributed by atoms with van der Waals surface area (Å²) >= 11 is 5.95. The van der Waals surface area contributed by atoms with E-state index in [0.717, 1.165) is 0 Å². The van der Waals surface area contributed by atoms with E-state index in [9.17, 15) is 13.2 Å². The molecule has 4 N–H and O–H groups in total. The van der Waals surface area contributed by atoms with Gasteiger partial charge in [-0.2, -0.15) is 4.98 Å². The number of carbonyl (C=O) groups is 1. The molecular weight excluding hydrogens is 406 g/mol. The van der Waals surface area contributed by atoms with Crippen LogP contribution in [-0.2, 0) is 14.6 Å². The van der Waals surface area contributed by atoms with Crippen LogP contribution >= 0.6 is 11.6 Å². The summed E-state index contributed by atoms with van der Waals surface area (Å²) in [6, 6.07) is 4.28. The molecule has 0 unspecified atom stereocenters. The Balaban J connectivity index is 1.91. The number of methoxy groups -OCH3 is 1. The highest BCUT2D eigenvalue weighted by Gasteiger charge is 2.28. The van der Waals surface area contributed by atoms with Gasteiger partial charge in [-0.3, -0.25) is 4.79 Å². The van der Waals surface area contributed by atoms with E-state index in [2.05, 4.69) is 9.97 Å². The van der Waals surface area contributed by atoms with E-state index in [4.69, 9.17) is 27.8 Å². The summed E-state index contributed by atoms with van der Waals surface area (Å²) in [5.74, 6) is -0.233. The zero-order chi connectivity index (χ0) is 20.5. The molecule has 1 aliphatic heterocycles. The number of halogens is 1. The molecule has 2 heterocycles. The Morgan fingerprint density at radius 1 is 1.29 bits per heavy atom. The number of nitrogens with two attached hydrogens (primary N) is 2. The van der Waals surface area contributed by atoms with Crippen LogP contribution in [0.2, 0.25) is 5.02 Å². The minimum atomic E-state index is -4.04. The van der Waals surface area contributed by atoms with Gasteiger partial charge in [-0.1, -0.05) is 11.6 Å². The van der Waals surface area contributed by atoms with Gasteiger partial charge in [0.25, 0.3) is 0 Å². The predicted octanol–water partition coefficient (Wildman–Crippen LogP) is 1.26. The standard InChI is InChI=1S/C17H20ClN5O4S/c1-27-12-3-2-11(18)8-13(12)28(25,26)14-9-21-17(22-15(14)19)23-6-4-10(5-7-23)16(20)24/h2-3,8-10H,4-7H2,1H3,(H2,20,24)(H2,19,21,22). The Labute approximate surface area is 167 Å². The van der Waals surface area contributed by atoms with Crippen LogP contribution in [0.4, 0.5) is 11.8 Å². The molecule has 9 nitrogen and oxygen atoms in total. The van der Waals surface area contributed by atoms with Crippen LogP contribution in [0.3, 0.4) is 0 Å². The van der Waals surface area contributed by atoms with Gasteiger partial charge in [0.05, 0.1) is 13.3 Å². The van der Waals surface area contributed by atoms with Crippen molar-refractivity contribution < 1.29 is 17.9 Å². The molecule has 1 aromatic heterocycles. The van der Waals surface area contributed by atoms with E-state index < -0.39 is 9.84 Å². The second-order valence-corrected chi connectivity index (χ2v) is 8.70. The molecule has 150 valence electrons. The lowest BCUT2D eigenvalue weighted by Gasteiger charge is -2.30. The maximum atomic E-state index is 13.0. The molecule has 28 heavy (non-hydrogen) atoms. The van der Waals surface area contributed by atoms with Gasteiger partial charge >= 0.3 is 0 Å². The van der Waals surface area contributed by atoms with E-state index in [1.54, 1.807) is 0 Å². The molecule has 1 aliphatic rings. The molecule has 0 aliphatic carbocycles. The number of amides is 1. The van der Waals surface area contributed by atoms with Crippen molar-refractivity contribution in [1.29, 1.82) is 0 Å². The van der Waals surface area contributed by atoms with Crippen molar-refractivity contribution in [1.82, 2.24) is 9.97 Å². The van der Waals surface area contributed by atoms with Crippen molar-refractivity contribution in [3.05, 3.63) is 29.4 Å². The Morgan fingerprint density at radius 3 is 2.54 bits per heavy atom. The molecule has 3 rings (SSSR count). The second kappa shape index (κ2) is 7.80. The van der Waals surface area contributed by atoms with Gasteiger partial charge in [-0.15, -0.1) is 0 Å². The Morgan fingerprint density at radius 2 is 1.96 bits per heavy atom. The molecule has 0 radical (unpaired) electrons. The lowest BCUT2D eigenvalue weighted by Crippen LogP contribution is -2.39. The Kier molecular flexibility index (Phi) is 5.61. The third kappa shape index (κ3) is 3.83. The van der Waals surface area contributed by atoms with Crippen LogP contribution in [0.5, 0.6) is 5.75 Å². The number of nitrogen functional groups attached to an aromatic ring is 1. The van der Waals surface area contributed by atoms with Crippen LogP contribution in [-0.4, -0.2) is 44.5 Å². The van der Waals surface area contributed by atoms with Gasteiger partial charge in [-0.25, -0.2) is 13.4 Å². The zero-order valence-electron chi connectivity index (χ0n) is 15.1. The van der Waals surface area contributed by atoms with E-state index in [1.807, 2.05) is 4.90 Å². The molecule has 0 bridgehead atoms. The maximum Gasteiger partial charge on any atom is 0.227 e. The summed E-state index contributed by atoms with van der Waals surface area (Å²) in [6.45, 7) is 1.06. The number of primary amides is 1. The fraction of sp³-hybridized carbons (Fsp3) is 0.353. The SMILES string of the molecule is COc1ccc(Cl)cc1S(=O)(=O)c1cnc(N2CCC(C(N)=O)CC2)nc1N. The topological polar surface area (TPSA) is 142 Å². The van der Waals surface area contributed by atoms with Crippen molar-refractivity contribution in [3.8, 4) is 5.75 Å². The van der Waals surface area contributed by atoms with Crippen LogP contribution in [0.15, 0.2) is 34.2 Å². The second-order valence-electron chi connectivity index (χ2n) is 6.38. The smallest absolute Gasteiger partial charge is 0.227 e. The monoisotopic (exact) mass is 425 g/mol. The normalized spacial score (nSPS) is 15.4. The number of sulfone groups is 1. The lowest BCUT2D eigenvalue weighted by atomic mass is 9.96. The fourth-order valence-electron chi connectivity index (χ4n) is 3.08. The van der Waals surface area contributed by atoms with Gasteiger partial charge in [0.2, 0.25) is 21.7 Å². The first-order valence-corrected chi connectivity index (χ1v) is 10.4. The summed E-state index contributed by atoms with van der Waals surface area (Å²) in [4.78, 5) is 21.1. The maximum absolute atomic E-state index is 13.0. The quantitative estimate of drug-likeness (QED) is 0.728. The number of piperidine rings is 1. The van der Waals surface area contributed by atoms with Gasteiger partial charge < -0.3 is 21.1 Å². The Hall–Kier alpha value is -2.59. The average molecular weight is 426 g/mol. The summed E-state index contributed by atoms with van der Waals surface area (Å²) in [5, 5.41) is 0.243. The van der Waals surface area contributed by atoms with Crippen LogP contribution < -0.4 is 21.1 Å². The highest BCUT2D eigenvalue weighted by molar-refractivity contribution is 7.91. The van der Waals surface area contributed by atoms with Crippen molar-refractivity contribution in [2.24, 2.45) is 11.7 Å². The zero-order valence-corrected chi connectivity index (χ0v) is 16.7. The van der Waals surface area contributed by atoms with Crippen molar-refractivity contribution in [2.75, 3.05) is 30.8 Å². The van der Waals surface area contributed by atoms with E-state index in [1.165, 1.54) is 31.5 Å². The van der Waals surface area contributed by atoms with Gasteiger partial charge in [0, 0.05) is 24.0 Å². The third-order valence-electron chi connectivity index (χ3n) is 4.66. The first-order valence-electron chi connectivity index (χ1n) is 8.49. The molecule has 2 aromatic rings. The summed E-state index contributed by atoms with van der Waals surface area (Å²) in [7, 11) is -2.68. The largest absolute Gasteiger partial charge is 0.495 e.